The van der Waals surface area contributed by atoms with Gasteiger partial charge in [0.2, 0.25) is 5.88 Å². The summed E-state index contributed by atoms with van der Waals surface area (Å²) in [6, 6.07) is 7.74. The van der Waals surface area contributed by atoms with Crippen LogP contribution in [-0.2, 0) is 6.54 Å². The Morgan fingerprint density at radius 2 is 2.00 bits per heavy atom. The van der Waals surface area contributed by atoms with Crippen LogP contribution in [0.15, 0.2) is 42.9 Å². The van der Waals surface area contributed by atoms with Gasteiger partial charge in [0.05, 0.1) is 6.61 Å². The Bertz CT molecular complexity index is 585. The lowest BCUT2D eigenvalue weighted by Gasteiger charge is -2.31. The number of hydrogen-bond acceptors (Lipinski definition) is 4. The Hall–Kier alpha value is -1.65. The minimum atomic E-state index is 0.543. The highest BCUT2D eigenvalue weighted by Gasteiger charge is 2.20. The first-order chi connectivity index (χ1) is 10.8. The van der Waals surface area contributed by atoms with Crippen molar-refractivity contribution < 1.29 is 4.74 Å². The number of hydrogen-bond donors (Lipinski definition) is 0. The Balaban J connectivity index is 1.43. The van der Waals surface area contributed by atoms with Gasteiger partial charge in [0.25, 0.3) is 0 Å². The first-order valence-electron chi connectivity index (χ1n) is 7.66. The summed E-state index contributed by atoms with van der Waals surface area (Å²) in [7, 11) is 0. The number of nitrogens with zero attached hydrogens (tertiary/aromatic N) is 3. The van der Waals surface area contributed by atoms with Crippen molar-refractivity contribution in [3.8, 4) is 5.88 Å². The molecule has 0 aromatic carbocycles. The van der Waals surface area contributed by atoms with Crippen molar-refractivity contribution in [2.75, 3.05) is 19.7 Å². The zero-order valence-electron chi connectivity index (χ0n) is 12.5. The molecule has 0 saturated carbocycles. The van der Waals surface area contributed by atoms with E-state index in [4.69, 9.17) is 16.3 Å². The van der Waals surface area contributed by atoms with E-state index in [1.54, 1.807) is 12.3 Å². The summed E-state index contributed by atoms with van der Waals surface area (Å²) in [5.74, 6) is 1.12. The maximum absolute atomic E-state index is 6.05. The summed E-state index contributed by atoms with van der Waals surface area (Å²) in [4.78, 5) is 10.8. The van der Waals surface area contributed by atoms with E-state index in [1.165, 1.54) is 5.56 Å². The zero-order valence-corrected chi connectivity index (χ0v) is 13.2. The molecule has 1 saturated heterocycles. The summed E-state index contributed by atoms with van der Waals surface area (Å²) in [6.07, 6.45) is 7.75. The maximum Gasteiger partial charge on any atom is 0.232 e. The van der Waals surface area contributed by atoms with Crippen LogP contribution in [0.4, 0.5) is 0 Å². The normalized spacial score (nSPS) is 16.6. The summed E-state index contributed by atoms with van der Waals surface area (Å²) in [5.41, 5.74) is 1.28. The molecule has 1 fully saturated rings. The van der Waals surface area contributed by atoms with Gasteiger partial charge in [-0.1, -0.05) is 17.7 Å². The third kappa shape index (κ3) is 4.18. The van der Waals surface area contributed by atoms with E-state index in [9.17, 15) is 0 Å². The zero-order chi connectivity index (χ0) is 15.2. The third-order valence-corrected chi connectivity index (χ3v) is 4.30. The van der Waals surface area contributed by atoms with Crippen LogP contribution in [0.25, 0.3) is 0 Å². The lowest BCUT2D eigenvalue weighted by Crippen LogP contribution is -2.35. The summed E-state index contributed by atoms with van der Waals surface area (Å²) in [5, 5.41) is 0.580. The average molecular weight is 318 g/mol. The topological polar surface area (TPSA) is 38.2 Å². The molecular weight excluding hydrogens is 298 g/mol. The maximum atomic E-state index is 6.05. The Labute approximate surface area is 136 Å². The monoisotopic (exact) mass is 317 g/mol. The molecule has 5 heteroatoms. The molecule has 116 valence electrons. The highest BCUT2D eigenvalue weighted by atomic mass is 35.5. The van der Waals surface area contributed by atoms with Crippen LogP contribution in [-0.4, -0.2) is 34.6 Å². The molecule has 0 amide bonds. The number of aromatic nitrogens is 2. The molecule has 0 atom stereocenters. The van der Waals surface area contributed by atoms with Gasteiger partial charge >= 0.3 is 0 Å². The van der Waals surface area contributed by atoms with E-state index in [1.807, 2.05) is 24.5 Å². The number of pyridine rings is 2. The molecule has 2 aromatic heterocycles. The predicted octanol–water partition coefficient (Wildman–Crippen LogP) is 3.42. The van der Waals surface area contributed by atoms with Crippen LogP contribution in [0.2, 0.25) is 5.02 Å². The summed E-state index contributed by atoms with van der Waals surface area (Å²) < 4.78 is 5.76. The molecule has 2 aromatic rings. The second-order valence-electron chi connectivity index (χ2n) is 5.68. The molecule has 22 heavy (non-hydrogen) atoms. The van der Waals surface area contributed by atoms with Gasteiger partial charge in [-0.15, -0.1) is 0 Å². The third-order valence-electron chi connectivity index (χ3n) is 4.02. The van der Waals surface area contributed by atoms with Crippen LogP contribution in [0.1, 0.15) is 18.4 Å². The van der Waals surface area contributed by atoms with Gasteiger partial charge in [-0.05, 0) is 55.6 Å². The van der Waals surface area contributed by atoms with Gasteiger partial charge in [-0.25, -0.2) is 4.98 Å². The number of piperidine rings is 1. The van der Waals surface area contributed by atoms with Crippen molar-refractivity contribution in [1.29, 1.82) is 0 Å². The SMILES string of the molecule is Clc1cccnc1OCC1CCN(Cc2cccnc2)CC1. The lowest BCUT2D eigenvalue weighted by molar-refractivity contribution is 0.134. The minimum Gasteiger partial charge on any atom is -0.476 e. The number of likely N-dealkylation sites (tertiary alicyclic amines) is 1. The highest BCUT2D eigenvalue weighted by molar-refractivity contribution is 6.31. The largest absolute Gasteiger partial charge is 0.476 e. The smallest absolute Gasteiger partial charge is 0.232 e. The van der Waals surface area contributed by atoms with Crippen LogP contribution in [0, 0.1) is 5.92 Å². The standard InChI is InChI=1S/C17H20ClN3O/c18-16-4-2-8-20-17(16)22-13-14-5-9-21(10-6-14)12-15-3-1-7-19-11-15/h1-4,7-8,11,14H,5-6,9-10,12-13H2. The van der Waals surface area contributed by atoms with Crippen LogP contribution in [0.5, 0.6) is 5.88 Å². The fourth-order valence-corrected chi connectivity index (χ4v) is 2.91. The molecule has 0 N–H and O–H groups in total. The van der Waals surface area contributed by atoms with Crippen molar-refractivity contribution in [2.24, 2.45) is 5.92 Å². The molecular formula is C17H20ClN3O. The lowest BCUT2D eigenvalue weighted by atomic mass is 9.97. The molecule has 3 rings (SSSR count). The Kier molecular flexibility index (Phi) is 5.24. The second kappa shape index (κ2) is 7.56. The first-order valence-corrected chi connectivity index (χ1v) is 8.03. The highest BCUT2D eigenvalue weighted by Crippen LogP contribution is 2.23. The molecule has 0 radical (unpaired) electrons. The van der Waals surface area contributed by atoms with Gasteiger partial charge in [0, 0.05) is 25.1 Å². The van der Waals surface area contributed by atoms with Gasteiger partial charge in [-0.2, -0.15) is 0 Å². The quantitative estimate of drug-likeness (QED) is 0.847. The van der Waals surface area contributed by atoms with E-state index in [0.29, 0.717) is 23.4 Å². The van der Waals surface area contributed by atoms with Crippen LogP contribution >= 0.6 is 11.6 Å². The molecule has 1 aliphatic rings. The number of rotatable bonds is 5. The van der Waals surface area contributed by atoms with E-state index >= 15 is 0 Å². The second-order valence-corrected chi connectivity index (χ2v) is 6.09. The van der Waals surface area contributed by atoms with Crippen molar-refractivity contribution in [1.82, 2.24) is 14.9 Å². The number of halogens is 1. The van der Waals surface area contributed by atoms with Crippen molar-refractivity contribution >= 4 is 11.6 Å². The van der Waals surface area contributed by atoms with Gasteiger partial charge < -0.3 is 4.74 Å². The molecule has 3 heterocycles. The fourth-order valence-electron chi connectivity index (χ4n) is 2.74. The van der Waals surface area contributed by atoms with Crippen molar-refractivity contribution in [2.45, 2.75) is 19.4 Å². The molecule has 0 spiro atoms. The summed E-state index contributed by atoms with van der Waals surface area (Å²) >= 11 is 6.05. The minimum absolute atomic E-state index is 0.543. The van der Waals surface area contributed by atoms with Gasteiger partial charge in [0.15, 0.2) is 0 Å². The fraction of sp³-hybridized carbons (Fsp3) is 0.412. The molecule has 0 aliphatic carbocycles. The molecule has 4 nitrogen and oxygen atoms in total. The predicted molar refractivity (Wildman–Crippen MR) is 87.0 cm³/mol. The Morgan fingerprint density at radius 3 is 2.73 bits per heavy atom. The number of ether oxygens (including phenoxy) is 1. The summed E-state index contributed by atoms with van der Waals surface area (Å²) in [6.45, 7) is 3.86. The molecule has 0 unspecified atom stereocenters. The van der Waals surface area contributed by atoms with Crippen LogP contribution < -0.4 is 4.74 Å². The molecule has 0 bridgehead atoms. The molecule has 1 aliphatic heterocycles. The first kappa shape index (κ1) is 15.3. The van der Waals surface area contributed by atoms with Crippen LogP contribution in [0.3, 0.4) is 0 Å². The van der Waals surface area contributed by atoms with Crippen molar-refractivity contribution in [3.05, 3.63) is 53.4 Å². The van der Waals surface area contributed by atoms with Gasteiger partial charge in [-0.3, -0.25) is 9.88 Å². The van der Waals surface area contributed by atoms with E-state index < -0.39 is 0 Å². The van der Waals surface area contributed by atoms with E-state index in [2.05, 4.69) is 20.9 Å². The van der Waals surface area contributed by atoms with E-state index in [0.717, 1.165) is 32.5 Å². The van der Waals surface area contributed by atoms with E-state index in [-0.39, 0.29) is 0 Å². The Morgan fingerprint density at radius 1 is 1.18 bits per heavy atom. The average Bonchev–Trinajstić information content (AvgIpc) is 2.56. The van der Waals surface area contributed by atoms with Crippen molar-refractivity contribution in [3.63, 3.8) is 0 Å². The van der Waals surface area contributed by atoms with Gasteiger partial charge in [0.1, 0.15) is 5.02 Å².